The van der Waals surface area contributed by atoms with Gasteiger partial charge >= 0.3 is 0 Å². The number of aromatic nitrogens is 5. The predicted octanol–water partition coefficient (Wildman–Crippen LogP) is 1.99. The smallest absolute Gasteiger partial charge is 0.141 e. The number of aryl methyl sites for hydroxylation is 2. The minimum Gasteiger partial charge on any atom is -0.305 e. The molecule has 1 N–H and O–H groups in total. The van der Waals surface area contributed by atoms with E-state index < -0.39 is 0 Å². The lowest BCUT2D eigenvalue weighted by atomic mass is 10.1. The van der Waals surface area contributed by atoms with Crippen LogP contribution in [0.5, 0.6) is 0 Å². The van der Waals surface area contributed by atoms with E-state index in [1.54, 1.807) is 6.33 Å². The van der Waals surface area contributed by atoms with Crippen LogP contribution in [0.3, 0.4) is 0 Å². The van der Waals surface area contributed by atoms with Gasteiger partial charge < -0.3 is 5.32 Å². The third kappa shape index (κ3) is 4.14. The van der Waals surface area contributed by atoms with Crippen LogP contribution in [-0.4, -0.2) is 30.1 Å². The first kappa shape index (κ1) is 15.7. The highest BCUT2D eigenvalue weighted by Gasteiger charge is 2.13. The Labute approximate surface area is 126 Å². The second kappa shape index (κ2) is 6.39. The molecule has 0 aliphatic heterocycles. The highest BCUT2D eigenvalue weighted by atomic mass is 15.4. The van der Waals surface area contributed by atoms with Crippen LogP contribution in [0, 0.1) is 0 Å². The Morgan fingerprint density at radius 2 is 1.95 bits per heavy atom. The second-order valence-electron chi connectivity index (χ2n) is 6.23. The standard InChI is InChI=1S/C15H26N6/c1-6-12-8-13(20(7-2)19-12)10-21-14(16-11-18-21)9-17-15(3,4)5/h8,11,17H,6-7,9-10H2,1-5H3. The number of nitrogens with one attached hydrogen (secondary N) is 1. The predicted molar refractivity (Wildman–Crippen MR) is 83.0 cm³/mol. The molecule has 2 aromatic rings. The molecule has 0 saturated heterocycles. The van der Waals surface area contributed by atoms with Crippen molar-refractivity contribution in [2.45, 2.75) is 66.2 Å². The quantitative estimate of drug-likeness (QED) is 0.884. The Morgan fingerprint density at radius 1 is 1.19 bits per heavy atom. The van der Waals surface area contributed by atoms with Gasteiger partial charge in [-0.1, -0.05) is 6.92 Å². The fourth-order valence-electron chi connectivity index (χ4n) is 2.14. The Morgan fingerprint density at radius 3 is 2.57 bits per heavy atom. The molecular weight excluding hydrogens is 264 g/mol. The van der Waals surface area contributed by atoms with Gasteiger partial charge in [0.25, 0.3) is 0 Å². The van der Waals surface area contributed by atoms with Gasteiger partial charge in [-0.25, -0.2) is 9.67 Å². The summed E-state index contributed by atoms with van der Waals surface area (Å²) in [6.45, 7) is 13.0. The molecule has 0 bridgehead atoms. The van der Waals surface area contributed by atoms with Gasteiger partial charge in [0.05, 0.1) is 24.5 Å². The summed E-state index contributed by atoms with van der Waals surface area (Å²) in [5.74, 6) is 0.951. The van der Waals surface area contributed by atoms with E-state index >= 15 is 0 Å². The Balaban J connectivity index is 2.13. The molecule has 0 aliphatic rings. The Hall–Kier alpha value is -1.69. The normalized spacial score (nSPS) is 12.0. The van der Waals surface area contributed by atoms with E-state index in [1.165, 1.54) is 5.69 Å². The summed E-state index contributed by atoms with van der Waals surface area (Å²) in [6.07, 6.45) is 2.57. The lowest BCUT2D eigenvalue weighted by Gasteiger charge is -2.20. The molecule has 0 aromatic carbocycles. The van der Waals surface area contributed by atoms with E-state index in [1.807, 2.05) is 9.36 Å². The fraction of sp³-hybridized carbons (Fsp3) is 0.667. The van der Waals surface area contributed by atoms with Crippen molar-refractivity contribution in [3.8, 4) is 0 Å². The van der Waals surface area contributed by atoms with Crippen LogP contribution in [0.25, 0.3) is 0 Å². The van der Waals surface area contributed by atoms with Gasteiger partial charge in [0.2, 0.25) is 0 Å². The number of rotatable bonds is 6. The molecule has 2 heterocycles. The van der Waals surface area contributed by atoms with Crippen molar-refractivity contribution in [3.63, 3.8) is 0 Å². The summed E-state index contributed by atoms with van der Waals surface area (Å²) in [7, 11) is 0. The van der Waals surface area contributed by atoms with Crippen molar-refractivity contribution in [2.75, 3.05) is 0 Å². The van der Waals surface area contributed by atoms with Crippen molar-refractivity contribution in [2.24, 2.45) is 0 Å². The molecule has 21 heavy (non-hydrogen) atoms. The molecule has 0 spiro atoms. The first-order chi connectivity index (χ1) is 9.93. The van der Waals surface area contributed by atoms with Crippen LogP contribution in [0.15, 0.2) is 12.4 Å². The SMILES string of the molecule is CCc1cc(Cn2ncnc2CNC(C)(C)C)n(CC)n1. The molecule has 0 fully saturated rings. The van der Waals surface area contributed by atoms with E-state index in [9.17, 15) is 0 Å². The Bertz CT molecular complexity index is 575. The van der Waals surface area contributed by atoms with Gasteiger partial charge in [-0.05, 0) is 40.2 Å². The van der Waals surface area contributed by atoms with E-state index in [0.717, 1.165) is 24.5 Å². The van der Waals surface area contributed by atoms with Crippen molar-refractivity contribution < 1.29 is 0 Å². The molecular formula is C15H26N6. The van der Waals surface area contributed by atoms with E-state index in [0.29, 0.717) is 13.1 Å². The lowest BCUT2D eigenvalue weighted by Crippen LogP contribution is -2.36. The topological polar surface area (TPSA) is 60.6 Å². The van der Waals surface area contributed by atoms with Crippen LogP contribution >= 0.6 is 0 Å². The zero-order valence-electron chi connectivity index (χ0n) is 13.7. The van der Waals surface area contributed by atoms with Crippen LogP contribution < -0.4 is 5.32 Å². The summed E-state index contributed by atoms with van der Waals surface area (Å²) in [5, 5.41) is 12.4. The number of hydrogen-bond acceptors (Lipinski definition) is 4. The van der Waals surface area contributed by atoms with Crippen molar-refractivity contribution in [3.05, 3.63) is 29.6 Å². The lowest BCUT2D eigenvalue weighted by molar-refractivity contribution is 0.409. The third-order valence-electron chi connectivity index (χ3n) is 3.36. The maximum Gasteiger partial charge on any atom is 0.141 e. The third-order valence-corrected chi connectivity index (χ3v) is 3.36. The van der Waals surface area contributed by atoms with Gasteiger partial charge in [0.15, 0.2) is 0 Å². The van der Waals surface area contributed by atoms with Crippen LogP contribution in [-0.2, 0) is 26.1 Å². The Kier molecular flexibility index (Phi) is 4.77. The summed E-state index contributed by atoms with van der Waals surface area (Å²) < 4.78 is 3.99. The molecule has 0 unspecified atom stereocenters. The van der Waals surface area contributed by atoms with Crippen molar-refractivity contribution in [1.29, 1.82) is 0 Å². The molecule has 0 aliphatic carbocycles. The largest absolute Gasteiger partial charge is 0.305 e. The van der Waals surface area contributed by atoms with Gasteiger partial charge in [0.1, 0.15) is 12.2 Å². The van der Waals surface area contributed by atoms with Gasteiger partial charge in [0, 0.05) is 12.1 Å². The molecule has 6 nitrogen and oxygen atoms in total. The van der Waals surface area contributed by atoms with E-state index in [-0.39, 0.29) is 5.54 Å². The summed E-state index contributed by atoms with van der Waals surface area (Å²) in [6, 6.07) is 2.16. The molecule has 0 atom stereocenters. The second-order valence-corrected chi connectivity index (χ2v) is 6.23. The number of hydrogen-bond donors (Lipinski definition) is 1. The highest BCUT2D eigenvalue weighted by molar-refractivity contribution is 5.11. The molecule has 2 aromatic heterocycles. The minimum absolute atomic E-state index is 0.0668. The maximum atomic E-state index is 4.58. The van der Waals surface area contributed by atoms with Crippen LogP contribution in [0.1, 0.15) is 51.8 Å². The summed E-state index contributed by atoms with van der Waals surface area (Å²) >= 11 is 0. The van der Waals surface area contributed by atoms with Crippen molar-refractivity contribution >= 4 is 0 Å². The fourth-order valence-corrected chi connectivity index (χ4v) is 2.14. The van der Waals surface area contributed by atoms with E-state index in [4.69, 9.17) is 0 Å². The molecule has 6 heteroatoms. The molecule has 116 valence electrons. The van der Waals surface area contributed by atoms with Gasteiger partial charge in [-0.3, -0.25) is 4.68 Å². The first-order valence-electron chi connectivity index (χ1n) is 7.60. The molecule has 0 amide bonds. The minimum atomic E-state index is 0.0668. The first-order valence-corrected chi connectivity index (χ1v) is 7.60. The molecule has 0 saturated carbocycles. The van der Waals surface area contributed by atoms with Crippen molar-refractivity contribution in [1.82, 2.24) is 29.9 Å². The highest BCUT2D eigenvalue weighted by Crippen LogP contribution is 2.09. The van der Waals surface area contributed by atoms with Crippen LogP contribution in [0.2, 0.25) is 0 Å². The van der Waals surface area contributed by atoms with Crippen LogP contribution in [0.4, 0.5) is 0 Å². The molecule has 2 rings (SSSR count). The summed E-state index contributed by atoms with van der Waals surface area (Å²) in [4.78, 5) is 4.36. The zero-order chi connectivity index (χ0) is 15.5. The zero-order valence-corrected chi connectivity index (χ0v) is 13.7. The van der Waals surface area contributed by atoms with E-state index in [2.05, 4.69) is 61.2 Å². The average Bonchev–Trinajstić information content (AvgIpc) is 3.02. The monoisotopic (exact) mass is 290 g/mol. The number of nitrogens with zero attached hydrogens (tertiary/aromatic N) is 5. The van der Waals surface area contributed by atoms with Gasteiger partial charge in [-0.15, -0.1) is 0 Å². The maximum absolute atomic E-state index is 4.58. The molecule has 0 radical (unpaired) electrons. The average molecular weight is 290 g/mol. The van der Waals surface area contributed by atoms with Gasteiger partial charge in [-0.2, -0.15) is 10.2 Å². The summed E-state index contributed by atoms with van der Waals surface area (Å²) in [5.41, 5.74) is 2.37.